The van der Waals surface area contributed by atoms with Crippen molar-refractivity contribution < 1.29 is 4.79 Å². The van der Waals surface area contributed by atoms with Crippen LogP contribution in [-0.2, 0) is 17.8 Å². The molecule has 0 bridgehead atoms. The summed E-state index contributed by atoms with van der Waals surface area (Å²) in [4.78, 5) is 11.4. The highest BCUT2D eigenvalue weighted by Gasteiger charge is 2.01. The molecule has 1 rings (SSSR count). The Morgan fingerprint density at radius 1 is 1.29 bits per heavy atom. The van der Waals surface area contributed by atoms with Crippen LogP contribution in [0.5, 0.6) is 0 Å². The molecule has 1 amide bonds. The van der Waals surface area contributed by atoms with Gasteiger partial charge in [0.15, 0.2) is 0 Å². The van der Waals surface area contributed by atoms with Crippen molar-refractivity contribution in [1.29, 1.82) is 0 Å². The number of carbonyl (C=O) groups excluding carboxylic acids is 1. The standard InChI is InChI=1S/C15H23NO/c1-4-6-15(17)16-11-14-8-5-7-13(10-14)9-12(2)3/h5,7-8,10,12H,4,6,9,11H2,1-3H3,(H,16,17). The zero-order valence-electron chi connectivity index (χ0n) is 11.1. The summed E-state index contributed by atoms with van der Waals surface area (Å²) in [5, 5.41) is 2.94. The molecule has 1 aromatic carbocycles. The van der Waals surface area contributed by atoms with Gasteiger partial charge < -0.3 is 5.32 Å². The third-order valence-electron chi connectivity index (χ3n) is 2.60. The first kappa shape index (κ1) is 13.8. The molecule has 0 aliphatic rings. The first-order chi connectivity index (χ1) is 8.11. The van der Waals surface area contributed by atoms with E-state index in [0.717, 1.165) is 12.8 Å². The summed E-state index contributed by atoms with van der Waals surface area (Å²) in [6.45, 7) is 7.10. The molecule has 0 heterocycles. The van der Waals surface area contributed by atoms with Crippen molar-refractivity contribution in [3.8, 4) is 0 Å². The maximum atomic E-state index is 11.4. The van der Waals surface area contributed by atoms with Gasteiger partial charge in [0.1, 0.15) is 0 Å². The van der Waals surface area contributed by atoms with Crippen molar-refractivity contribution >= 4 is 5.91 Å². The van der Waals surface area contributed by atoms with E-state index in [0.29, 0.717) is 18.9 Å². The fraction of sp³-hybridized carbons (Fsp3) is 0.533. The number of rotatable bonds is 6. The Morgan fingerprint density at radius 3 is 2.65 bits per heavy atom. The second-order valence-electron chi connectivity index (χ2n) is 4.94. The zero-order valence-corrected chi connectivity index (χ0v) is 11.1. The lowest BCUT2D eigenvalue weighted by Gasteiger charge is -2.08. The van der Waals surface area contributed by atoms with Crippen LogP contribution in [0.25, 0.3) is 0 Å². The second-order valence-corrected chi connectivity index (χ2v) is 4.94. The molecule has 94 valence electrons. The van der Waals surface area contributed by atoms with Crippen molar-refractivity contribution in [2.24, 2.45) is 5.92 Å². The van der Waals surface area contributed by atoms with Crippen LogP contribution in [0, 0.1) is 5.92 Å². The maximum Gasteiger partial charge on any atom is 0.220 e. The number of hydrogen-bond donors (Lipinski definition) is 1. The molecule has 17 heavy (non-hydrogen) atoms. The second kappa shape index (κ2) is 7.10. The van der Waals surface area contributed by atoms with E-state index < -0.39 is 0 Å². The summed E-state index contributed by atoms with van der Waals surface area (Å²) in [5.41, 5.74) is 2.54. The Labute approximate surface area is 104 Å². The van der Waals surface area contributed by atoms with Crippen LogP contribution < -0.4 is 5.32 Å². The molecule has 0 aromatic heterocycles. The molecule has 0 radical (unpaired) electrons. The van der Waals surface area contributed by atoms with Crippen LogP contribution in [0.3, 0.4) is 0 Å². The summed E-state index contributed by atoms with van der Waals surface area (Å²) < 4.78 is 0. The van der Waals surface area contributed by atoms with E-state index in [1.54, 1.807) is 0 Å². The number of benzene rings is 1. The van der Waals surface area contributed by atoms with Gasteiger partial charge in [-0.2, -0.15) is 0 Å². The molecule has 2 nitrogen and oxygen atoms in total. The van der Waals surface area contributed by atoms with E-state index in [1.165, 1.54) is 11.1 Å². The first-order valence-electron chi connectivity index (χ1n) is 6.46. The highest BCUT2D eigenvalue weighted by molar-refractivity contribution is 5.75. The number of carbonyl (C=O) groups is 1. The van der Waals surface area contributed by atoms with Crippen LogP contribution in [0.4, 0.5) is 0 Å². The smallest absolute Gasteiger partial charge is 0.220 e. The van der Waals surface area contributed by atoms with Crippen molar-refractivity contribution in [2.75, 3.05) is 0 Å². The van der Waals surface area contributed by atoms with Gasteiger partial charge in [0.05, 0.1) is 0 Å². The number of amides is 1. The van der Waals surface area contributed by atoms with E-state index >= 15 is 0 Å². The van der Waals surface area contributed by atoms with Gasteiger partial charge in [-0.15, -0.1) is 0 Å². The molecule has 1 aromatic rings. The highest BCUT2D eigenvalue weighted by Crippen LogP contribution is 2.10. The van der Waals surface area contributed by atoms with Crippen molar-refractivity contribution in [3.05, 3.63) is 35.4 Å². The lowest BCUT2D eigenvalue weighted by molar-refractivity contribution is -0.121. The van der Waals surface area contributed by atoms with E-state index in [-0.39, 0.29) is 5.91 Å². The molecule has 0 aliphatic heterocycles. The Balaban J connectivity index is 2.51. The number of hydrogen-bond acceptors (Lipinski definition) is 1. The molecule has 0 fully saturated rings. The lowest BCUT2D eigenvalue weighted by atomic mass is 10.0. The molecule has 0 spiro atoms. The average Bonchev–Trinajstić information content (AvgIpc) is 2.26. The van der Waals surface area contributed by atoms with Gasteiger partial charge in [-0.1, -0.05) is 45.0 Å². The predicted octanol–water partition coefficient (Wildman–Crippen LogP) is 3.30. The maximum absolute atomic E-state index is 11.4. The van der Waals surface area contributed by atoms with E-state index in [1.807, 2.05) is 6.92 Å². The molecule has 1 N–H and O–H groups in total. The minimum absolute atomic E-state index is 0.141. The third kappa shape index (κ3) is 5.53. The molecule has 0 aliphatic carbocycles. The fourth-order valence-corrected chi connectivity index (χ4v) is 1.85. The van der Waals surface area contributed by atoms with Gasteiger partial charge in [-0.25, -0.2) is 0 Å². The summed E-state index contributed by atoms with van der Waals surface area (Å²) in [5.74, 6) is 0.807. The SMILES string of the molecule is CCCC(=O)NCc1cccc(CC(C)C)c1. The molecular weight excluding hydrogens is 210 g/mol. The minimum atomic E-state index is 0.141. The van der Waals surface area contributed by atoms with Crippen LogP contribution in [-0.4, -0.2) is 5.91 Å². The van der Waals surface area contributed by atoms with Gasteiger partial charge in [0.2, 0.25) is 5.91 Å². The molecule has 0 atom stereocenters. The van der Waals surface area contributed by atoms with Crippen molar-refractivity contribution in [2.45, 2.75) is 46.6 Å². The largest absolute Gasteiger partial charge is 0.352 e. The predicted molar refractivity (Wildman–Crippen MR) is 71.7 cm³/mol. The fourth-order valence-electron chi connectivity index (χ4n) is 1.85. The first-order valence-corrected chi connectivity index (χ1v) is 6.46. The zero-order chi connectivity index (χ0) is 12.7. The van der Waals surface area contributed by atoms with Crippen LogP contribution in [0.2, 0.25) is 0 Å². The van der Waals surface area contributed by atoms with Gasteiger partial charge >= 0.3 is 0 Å². The Morgan fingerprint density at radius 2 is 2.00 bits per heavy atom. The lowest BCUT2D eigenvalue weighted by Crippen LogP contribution is -2.22. The van der Waals surface area contributed by atoms with Gasteiger partial charge in [-0.3, -0.25) is 4.79 Å². The topological polar surface area (TPSA) is 29.1 Å². The summed E-state index contributed by atoms with van der Waals surface area (Å²) in [6.07, 6.45) is 2.61. The van der Waals surface area contributed by atoms with Crippen LogP contribution in [0.1, 0.15) is 44.7 Å². The van der Waals surface area contributed by atoms with Crippen molar-refractivity contribution in [1.82, 2.24) is 5.32 Å². The Bertz CT molecular complexity index is 358. The van der Waals surface area contributed by atoms with Gasteiger partial charge in [0.25, 0.3) is 0 Å². The molecule has 2 heteroatoms. The molecule has 0 unspecified atom stereocenters. The van der Waals surface area contributed by atoms with Crippen LogP contribution in [0.15, 0.2) is 24.3 Å². The summed E-state index contributed by atoms with van der Waals surface area (Å²) in [6, 6.07) is 8.47. The van der Waals surface area contributed by atoms with Crippen LogP contribution >= 0.6 is 0 Å². The average molecular weight is 233 g/mol. The summed E-state index contributed by atoms with van der Waals surface area (Å²) >= 11 is 0. The van der Waals surface area contributed by atoms with Crippen molar-refractivity contribution in [3.63, 3.8) is 0 Å². The van der Waals surface area contributed by atoms with E-state index in [2.05, 4.69) is 43.4 Å². The van der Waals surface area contributed by atoms with E-state index in [9.17, 15) is 4.79 Å². The minimum Gasteiger partial charge on any atom is -0.352 e. The normalized spacial score (nSPS) is 10.6. The van der Waals surface area contributed by atoms with Gasteiger partial charge in [0, 0.05) is 13.0 Å². The third-order valence-corrected chi connectivity index (χ3v) is 2.60. The quantitative estimate of drug-likeness (QED) is 0.802. The van der Waals surface area contributed by atoms with E-state index in [4.69, 9.17) is 0 Å². The van der Waals surface area contributed by atoms with Gasteiger partial charge in [-0.05, 0) is 29.9 Å². The summed E-state index contributed by atoms with van der Waals surface area (Å²) in [7, 11) is 0. The molecular formula is C15H23NO. The molecule has 0 saturated carbocycles. The highest BCUT2D eigenvalue weighted by atomic mass is 16.1. The monoisotopic (exact) mass is 233 g/mol. The Hall–Kier alpha value is -1.31. The number of nitrogens with one attached hydrogen (secondary N) is 1. The Kier molecular flexibility index (Phi) is 5.75. The molecule has 0 saturated heterocycles.